The molecular formula is C24H30N2O2. The van der Waals surface area contributed by atoms with E-state index in [4.69, 9.17) is 0 Å². The molecule has 0 spiro atoms. The second kappa shape index (κ2) is 9.65. The highest BCUT2D eigenvalue weighted by molar-refractivity contribution is 5.97. The fourth-order valence-corrected chi connectivity index (χ4v) is 3.69. The molecule has 1 amide bonds. The summed E-state index contributed by atoms with van der Waals surface area (Å²) in [6.45, 7) is 5.71. The Morgan fingerprint density at radius 2 is 1.68 bits per heavy atom. The second-order valence-corrected chi connectivity index (χ2v) is 7.98. The molecule has 0 saturated carbocycles. The highest BCUT2D eigenvalue weighted by atomic mass is 16.2. The van der Waals surface area contributed by atoms with Crippen LogP contribution in [0.4, 0.5) is 0 Å². The summed E-state index contributed by atoms with van der Waals surface area (Å²) in [5.41, 5.74) is 3.17. The van der Waals surface area contributed by atoms with Crippen LogP contribution in [0.3, 0.4) is 0 Å². The molecule has 4 nitrogen and oxygen atoms in total. The van der Waals surface area contributed by atoms with Gasteiger partial charge in [-0.05, 0) is 48.4 Å². The molecule has 0 aromatic heterocycles. The van der Waals surface area contributed by atoms with Gasteiger partial charge in [0.05, 0.1) is 0 Å². The Labute approximate surface area is 167 Å². The number of carbonyl (C=O) groups excluding carboxylic acids is 2. The van der Waals surface area contributed by atoms with Crippen molar-refractivity contribution in [1.29, 1.82) is 0 Å². The first-order valence-electron chi connectivity index (χ1n) is 10.2. The van der Waals surface area contributed by atoms with E-state index >= 15 is 0 Å². The van der Waals surface area contributed by atoms with Crippen LogP contribution in [0.5, 0.6) is 0 Å². The van der Waals surface area contributed by atoms with E-state index in [1.165, 1.54) is 11.1 Å². The number of Topliss-reactive ketones (excluding diaryl/α,β-unsaturated/α-hetero) is 1. The molecule has 1 heterocycles. The third-order valence-corrected chi connectivity index (χ3v) is 5.33. The van der Waals surface area contributed by atoms with Gasteiger partial charge >= 0.3 is 0 Å². The molecule has 0 saturated heterocycles. The number of fused-ring (bicyclic) bond motifs is 1. The van der Waals surface area contributed by atoms with Crippen LogP contribution in [0, 0.1) is 5.92 Å². The van der Waals surface area contributed by atoms with Gasteiger partial charge < -0.3 is 5.32 Å². The van der Waals surface area contributed by atoms with E-state index in [1.807, 2.05) is 24.3 Å². The Balaban J connectivity index is 1.81. The summed E-state index contributed by atoms with van der Waals surface area (Å²) in [5.74, 6) is 0.359. The van der Waals surface area contributed by atoms with Crippen LogP contribution in [0.15, 0.2) is 54.6 Å². The van der Waals surface area contributed by atoms with Crippen molar-refractivity contribution in [3.63, 3.8) is 0 Å². The Kier molecular flexibility index (Phi) is 6.99. The van der Waals surface area contributed by atoms with Crippen LogP contribution in [-0.2, 0) is 17.8 Å². The van der Waals surface area contributed by atoms with E-state index in [-0.39, 0.29) is 11.7 Å². The van der Waals surface area contributed by atoms with Crippen LogP contribution in [0.2, 0.25) is 0 Å². The lowest BCUT2D eigenvalue weighted by Crippen LogP contribution is -2.52. The average Bonchev–Trinajstić information content (AvgIpc) is 2.93. The van der Waals surface area contributed by atoms with Crippen molar-refractivity contribution in [1.82, 2.24) is 10.2 Å². The smallest absolute Gasteiger partial charge is 0.252 e. The number of rotatable bonds is 7. The van der Waals surface area contributed by atoms with Gasteiger partial charge in [-0.1, -0.05) is 56.3 Å². The lowest BCUT2D eigenvalue weighted by molar-refractivity contribution is -0.125. The minimum atomic E-state index is -0.586. The monoisotopic (exact) mass is 378 g/mol. The van der Waals surface area contributed by atoms with Gasteiger partial charge in [0.2, 0.25) is 0 Å². The van der Waals surface area contributed by atoms with E-state index in [0.717, 1.165) is 25.8 Å². The molecule has 148 valence electrons. The number of benzene rings is 2. The summed E-state index contributed by atoms with van der Waals surface area (Å²) in [5, 5.41) is 3.02. The third kappa shape index (κ3) is 5.29. The summed E-state index contributed by atoms with van der Waals surface area (Å²) < 4.78 is 0. The van der Waals surface area contributed by atoms with Crippen molar-refractivity contribution in [2.24, 2.45) is 5.92 Å². The number of nitrogens with zero attached hydrogens (tertiary/aromatic N) is 1. The van der Waals surface area contributed by atoms with E-state index in [1.54, 1.807) is 12.1 Å². The minimum Gasteiger partial charge on any atom is -0.330 e. The molecule has 28 heavy (non-hydrogen) atoms. The summed E-state index contributed by atoms with van der Waals surface area (Å²) >= 11 is 0. The molecule has 1 unspecified atom stereocenters. The lowest BCUT2D eigenvalue weighted by Gasteiger charge is -2.30. The van der Waals surface area contributed by atoms with Gasteiger partial charge in [0.1, 0.15) is 6.17 Å². The van der Waals surface area contributed by atoms with Crippen LogP contribution >= 0.6 is 0 Å². The number of ketones is 1. The Morgan fingerprint density at radius 3 is 2.39 bits per heavy atom. The topological polar surface area (TPSA) is 49.4 Å². The van der Waals surface area contributed by atoms with Gasteiger partial charge in [0.25, 0.3) is 5.91 Å². The first-order chi connectivity index (χ1) is 13.5. The maximum absolute atomic E-state index is 13.1. The number of hydrogen-bond donors (Lipinski definition) is 1. The van der Waals surface area contributed by atoms with Gasteiger partial charge in [-0.15, -0.1) is 0 Å². The first kappa shape index (κ1) is 20.3. The predicted molar refractivity (Wildman–Crippen MR) is 112 cm³/mol. The maximum Gasteiger partial charge on any atom is 0.252 e. The van der Waals surface area contributed by atoms with Crippen LogP contribution < -0.4 is 5.32 Å². The fourth-order valence-electron chi connectivity index (χ4n) is 3.69. The molecule has 1 N–H and O–H groups in total. The Morgan fingerprint density at radius 1 is 1.00 bits per heavy atom. The van der Waals surface area contributed by atoms with E-state index in [0.29, 0.717) is 24.4 Å². The van der Waals surface area contributed by atoms with Crippen LogP contribution in [0.1, 0.15) is 54.6 Å². The van der Waals surface area contributed by atoms with E-state index in [2.05, 4.69) is 42.3 Å². The summed E-state index contributed by atoms with van der Waals surface area (Å²) in [6, 6.07) is 17.5. The maximum atomic E-state index is 13.1. The van der Waals surface area contributed by atoms with Crippen molar-refractivity contribution < 1.29 is 9.59 Å². The number of carbonyl (C=O) groups is 2. The molecule has 0 aliphatic carbocycles. The number of aryl methyl sites for hydroxylation is 1. The van der Waals surface area contributed by atoms with Crippen LogP contribution in [0.25, 0.3) is 0 Å². The highest BCUT2D eigenvalue weighted by Gasteiger charge is 2.29. The van der Waals surface area contributed by atoms with Gasteiger partial charge in [-0.25, -0.2) is 0 Å². The zero-order valence-electron chi connectivity index (χ0n) is 16.9. The summed E-state index contributed by atoms with van der Waals surface area (Å²) in [6.07, 6.45) is 2.71. The largest absolute Gasteiger partial charge is 0.330 e. The SMILES string of the molecule is CC(C)CCC(=O)C(NC(=O)c1ccccc1)N1CCCc2ccccc2C1. The number of hydrogen-bond acceptors (Lipinski definition) is 3. The standard InChI is InChI=1S/C24H30N2O2/c1-18(2)14-15-22(27)23(25-24(28)20-10-4-3-5-11-20)26-16-8-13-19-9-6-7-12-21(19)17-26/h3-7,9-12,18,23H,8,13-17H2,1-2H3,(H,25,28). The normalized spacial score (nSPS) is 15.5. The van der Waals surface area contributed by atoms with Crippen molar-refractivity contribution in [3.05, 3.63) is 71.3 Å². The molecule has 1 aliphatic heterocycles. The minimum absolute atomic E-state index is 0.0948. The molecule has 0 bridgehead atoms. The molecule has 3 rings (SSSR count). The van der Waals surface area contributed by atoms with Gasteiger partial charge in [0, 0.05) is 25.1 Å². The van der Waals surface area contributed by atoms with Gasteiger partial charge in [-0.2, -0.15) is 0 Å². The van der Waals surface area contributed by atoms with Gasteiger partial charge in [0.15, 0.2) is 5.78 Å². The summed E-state index contributed by atoms with van der Waals surface area (Å²) in [7, 11) is 0. The third-order valence-electron chi connectivity index (χ3n) is 5.33. The summed E-state index contributed by atoms with van der Waals surface area (Å²) in [4.78, 5) is 28.0. The average molecular weight is 379 g/mol. The predicted octanol–water partition coefficient (Wildman–Crippen LogP) is 4.20. The van der Waals surface area contributed by atoms with Crippen LogP contribution in [-0.4, -0.2) is 29.3 Å². The molecule has 1 atom stereocenters. The lowest BCUT2D eigenvalue weighted by atomic mass is 10.0. The van der Waals surface area contributed by atoms with Crippen molar-refractivity contribution >= 4 is 11.7 Å². The second-order valence-electron chi connectivity index (χ2n) is 7.98. The Hall–Kier alpha value is -2.46. The van der Waals surface area contributed by atoms with Crippen molar-refractivity contribution in [3.8, 4) is 0 Å². The quantitative estimate of drug-likeness (QED) is 0.786. The van der Waals surface area contributed by atoms with E-state index in [9.17, 15) is 9.59 Å². The zero-order chi connectivity index (χ0) is 19.9. The molecule has 4 heteroatoms. The van der Waals surface area contributed by atoms with E-state index < -0.39 is 6.17 Å². The first-order valence-corrected chi connectivity index (χ1v) is 10.2. The van der Waals surface area contributed by atoms with Crippen molar-refractivity contribution in [2.75, 3.05) is 6.54 Å². The zero-order valence-corrected chi connectivity index (χ0v) is 16.9. The molecule has 0 radical (unpaired) electrons. The molecule has 2 aromatic rings. The highest BCUT2D eigenvalue weighted by Crippen LogP contribution is 2.21. The fraction of sp³-hybridized carbons (Fsp3) is 0.417. The molecular weight excluding hydrogens is 348 g/mol. The molecule has 2 aromatic carbocycles. The van der Waals surface area contributed by atoms with Crippen molar-refractivity contribution in [2.45, 2.75) is 52.2 Å². The molecule has 1 aliphatic rings. The number of amides is 1. The number of nitrogens with one attached hydrogen (secondary N) is 1. The van der Waals surface area contributed by atoms with Gasteiger partial charge in [-0.3, -0.25) is 14.5 Å². The Bertz CT molecular complexity index is 801. The molecule has 0 fully saturated rings.